The molecule has 0 atom stereocenters. The van der Waals surface area contributed by atoms with Gasteiger partial charge in [-0.25, -0.2) is 0 Å². The van der Waals surface area contributed by atoms with Crippen LogP contribution in [0.1, 0.15) is 23.7 Å². The average molecular weight is 357 g/mol. The van der Waals surface area contributed by atoms with Crippen molar-refractivity contribution in [1.29, 1.82) is 0 Å². The third-order valence-electron chi connectivity index (χ3n) is 2.22. The van der Waals surface area contributed by atoms with Crippen molar-refractivity contribution in [3.63, 3.8) is 0 Å². The molecule has 2 rings (SSSR count). The lowest BCUT2D eigenvalue weighted by molar-refractivity contribution is 0.102. The van der Waals surface area contributed by atoms with E-state index in [1.54, 1.807) is 6.07 Å². The second kappa shape index (κ2) is 5.89. The fourth-order valence-electron chi connectivity index (χ4n) is 1.40. The lowest BCUT2D eigenvalue weighted by Gasteiger charge is -2.02. The Morgan fingerprint density at radius 1 is 1.44 bits per heavy atom. The smallest absolute Gasteiger partial charge is 0.270 e. The predicted octanol–water partition coefficient (Wildman–Crippen LogP) is 1.94. The summed E-state index contributed by atoms with van der Waals surface area (Å²) in [5.74, 6) is 0.00384. The Hall–Kier alpha value is -1.51. The molecule has 18 heavy (non-hydrogen) atoms. The zero-order valence-electron chi connectivity index (χ0n) is 9.80. The van der Waals surface area contributed by atoms with Gasteiger partial charge in [-0.2, -0.15) is 4.80 Å². The summed E-state index contributed by atoms with van der Waals surface area (Å²) in [5, 5.41) is 14.3. The number of aromatic nitrogens is 4. The van der Waals surface area contributed by atoms with Crippen LogP contribution in [-0.4, -0.2) is 26.1 Å². The molecule has 1 aromatic carbocycles. The van der Waals surface area contributed by atoms with Crippen molar-refractivity contribution in [3.05, 3.63) is 33.4 Å². The molecule has 0 saturated heterocycles. The van der Waals surface area contributed by atoms with Crippen LogP contribution in [0.2, 0.25) is 0 Å². The van der Waals surface area contributed by atoms with Gasteiger partial charge in [0.15, 0.2) is 0 Å². The molecule has 94 valence electrons. The summed E-state index contributed by atoms with van der Waals surface area (Å²) in [4.78, 5) is 13.4. The van der Waals surface area contributed by atoms with E-state index in [4.69, 9.17) is 0 Å². The van der Waals surface area contributed by atoms with Crippen molar-refractivity contribution in [2.24, 2.45) is 0 Å². The number of aryl methyl sites for hydroxylation is 1. The molecule has 0 radical (unpaired) electrons. The van der Waals surface area contributed by atoms with Crippen molar-refractivity contribution in [3.8, 4) is 0 Å². The molecule has 0 saturated carbocycles. The van der Waals surface area contributed by atoms with Crippen LogP contribution in [0.15, 0.2) is 24.3 Å². The number of hydrogen-bond acceptors (Lipinski definition) is 4. The number of carbonyl (C=O) groups excluding carboxylic acids is 1. The van der Waals surface area contributed by atoms with E-state index in [1.165, 1.54) is 4.80 Å². The largest absolute Gasteiger partial charge is 0.288 e. The monoisotopic (exact) mass is 357 g/mol. The highest BCUT2D eigenvalue weighted by molar-refractivity contribution is 14.1. The van der Waals surface area contributed by atoms with Crippen molar-refractivity contribution in [2.45, 2.75) is 19.9 Å². The quantitative estimate of drug-likeness (QED) is 0.849. The second-order valence-electron chi connectivity index (χ2n) is 3.64. The van der Waals surface area contributed by atoms with E-state index in [0.717, 1.165) is 9.99 Å². The molecule has 0 bridgehead atoms. The maximum Gasteiger partial charge on any atom is 0.270 e. The topological polar surface area (TPSA) is 72.7 Å². The number of halogens is 1. The van der Waals surface area contributed by atoms with Gasteiger partial charge in [-0.1, -0.05) is 24.2 Å². The number of carbonyl (C=O) groups is 1. The number of anilines is 1. The zero-order chi connectivity index (χ0) is 13.0. The first-order valence-electron chi connectivity index (χ1n) is 5.54. The second-order valence-corrected chi connectivity index (χ2v) is 4.81. The Morgan fingerprint density at radius 2 is 2.22 bits per heavy atom. The Balaban J connectivity index is 2.09. The predicted molar refractivity (Wildman–Crippen MR) is 75.2 cm³/mol. The third-order valence-corrected chi connectivity index (χ3v) is 3.16. The summed E-state index contributed by atoms with van der Waals surface area (Å²) < 4.78 is 0.883. The summed E-state index contributed by atoms with van der Waals surface area (Å²) in [5.41, 5.74) is 0.602. The van der Waals surface area contributed by atoms with Crippen molar-refractivity contribution >= 4 is 34.4 Å². The van der Waals surface area contributed by atoms with Gasteiger partial charge in [0.25, 0.3) is 11.9 Å². The van der Waals surface area contributed by atoms with E-state index < -0.39 is 0 Å². The summed E-state index contributed by atoms with van der Waals surface area (Å²) in [6, 6.07) is 7.33. The number of amides is 1. The number of hydrogen-bond donors (Lipinski definition) is 1. The maximum absolute atomic E-state index is 12.0. The molecule has 1 heterocycles. The van der Waals surface area contributed by atoms with Crippen LogP contribution in [0, 0.1) is 3.57 Å². The minimum Gasteiger partial charge on any atom is -0.288 e. The first-order valence-corrected chi connectivity index (χ1v) is 6.62. The first-order chi connectivity index (χ1) is 8.70. The number of benzene rings is 1. The molecule has 0 aliphatic heterocycles. The average Bonchev–Trinajstić information content (AvgIpc) is 2.77. The molecule has 1 amide bonds. The highest BCUT2D eigenvalue weighted by Gasteiger charge is 2.12. The highest BCUT2D eigenvalue weighted by atomic mass is 127. The molecule has 6 nitrogen and oxygen atoms in total. The van der Waals surface area contributed by atoms with E-state index in [-0.39, 0.29) is 11.9 Å². The molecule has 0 fully saturated rings. The Morgan fingerprint density at radius 3 is 2.94 bits per heavy atom. The van der Waals surface area contributed by atoms with Gasteiger partial charge in [-0.05, 0) is 46.4 Å². The molecule has 0 unspecified atom stereocenters. The van der Waals surface area contributed by atoms with E-state index in [9.17, 15) is 4.79 Å². The van der Waals surface area contributed by atoms with E-state index in [1.807, 2.05) is 25.1 Å². The fourth-order valence-corrected chi connectivity index (χ4v) is 2.03. The lowest BCUT2D eigenvalue weighted by atomic mass is 10.2. The Bertz CT molecular complexity index is 554. The Kier molecular flexibility index (Phi) is 4.24. The SMILES string of the molecule is CCCn1nnc(NC(=O)c2ccccc2I)n1. The van der Waals surface area contributed by atoms with Gasteiger partial charge in [-0.3, -0.25) is 10.1 Å². The normalized spacial score (nSPS) is 10.3. The maximum atomic E-state index is 12.0. The zero-order valence-corrected chi connectivity index (χ0v) is 12.0. The van der Waals surface area contributed by atoms with Crippen LogP contribution in [0.4, 0.5) is 5.95 Å². The molecule has 2 aromatic rings. The Labute approximate surface area is 118 Å². The van der Waals surface area contributed by atoms with E-state index in [0.29, 0.717) is 12.1 Å². The minimum absolute atomic E-state index is 0.226. The molecule has 0 aliphatic rings. The number of tetrazole rings is 1. The lowest BCUT2D eigenvalue weighted by Crippen LogP contribution is -2.14. The van der Waals surface area contributed by atoms with Crippen molar-refractivity contribution < 1.29 is 4.79 Å². The first kappa shape index (κ1) is 12.9. The number of nitrogens with zero attached hydrogens (tertiary/aromatic N) is 4. The number of rotatable bonds is 4. The molecule has 0 spiro atoms. The van der Waals surface area contributed by atoms with Gasteiger partial charge in [0.1, 0.15) is 0 Å². The molecule has 1 aromatic heterocycles. The molecular formula is C11H12IN5O. The van der Waals surface area contributed by atoms with Crippen LogP contribution in [-0.2, 0) is 6.54 Å². The summed E-state index contributed by atoms with van der Waals surface area (Å²) in [6.45, 7) is 2.71. The van der Waals surface area contributed by atoms with Crippen molar-refractivity contribution in [1.82, 2.24) is 20.2 Å². The summed E-state index contributed by atoms with van der Waals surface area (Å²) in [6.07, 6.45) is 0.917. The molecule has 0 aliphatic carbocycles. The van der Waals surface area contributed by atoms with Gasteiger partial charge in [0.05, 0.1) is 12.1 Å². The summed E-state index contributed by atoms with van der Waals surface area (Å²) >= 11 is 2.11. The van der Waals surface area contributed by atoms with Gasteiger partial charge < -0.3 is 0 Å². The highest BCUT2D eigenvalue weighted by Crippen LogP contribution is 2.12. The standard InChI is InChI=1S/C11H12IN5O/c1-2-7-17-15-11(14-16-17)13-10(18)8-5-3-4-6-9(8)12/h3-6H,2,7H2,1H3,(H,13,15,18). The van der Waals surface area contributed by atoms with Crippen LogP contribution < -0.4 is 5.32 Å². The molecule has 1 N–H and O–H groups in total. The van der Waals surface area contributed by atoms with E-state index >= 15 is 0 Å². The van der Waals surface area contributed by atoms with Crippen molar-refractivity contribution in [2.75, 3.05) is 5.32 Å². The number of nitrogens with one attached hydrogen (secondary N) is 1. The summed E-state index contributed by atoms with van der Waals surface area (Å²) in [7, 11) is 0. The minimum atomic E-state index is -0.226. The molecular weight excluding hydrogens is 345 g/mol. The fraction of sp³-hybridized carbons (Fsp3) is 0.273. The van der Waals surface area contributed by atoms with Gasteiger partial charge in [-0.15, -0.1) is 5.10 Å². The third kappa shape index (κ3) is 3.03. The van der Waals surface area contributed by atoms with Crippen LogP contribution in [0.5, 0.6) is 0 Å². The van der Waals surface area contributed by atoms with Crippen LogP contribution in [0.3, 0.4) is 0 Å². The molecule has 7 heteroatoms. The van der Waals surface area contributed by atoms with Crippen LogP contribution >= 0.6 is 22.6 Å². The van der Waals surface area contributed by atoms with Gasteiger partial charge >= 0.3 is 0 Å². The van der Waals surface area contributed by atoms with Gasteiger partial charge in [0.2, 0.25) is 0 Å². The van der Waals surface area contributed by atoms with E-state index in [2.05, 4.69) is 43.3 Å². The van der Waals surface area contributed by atoms with Gasteiger partial charge in [0, 0.05) is 3.57 Å². The van der Waals surface area contributed by atoms with Crippen LogP contribution in [0.25, 0.3) is 0 Å².